The van der Waals surface area contributed by atoms with Gasteiger partial charge in [-0.2, -0.15) is 5.10 Å². The highest BCUT2D eigenvalue weighted by Crippen LogP contribution is 2.48. The first-order valence-corrected chi connectivity index (χ1v) is 21.9. The Balaban J connectivity index is 1.19. The Morgan fingerprint density at radius 2 is 1.60 bits per heavy atom. The standard InChI is InChI=1S/C39H62ClN6O8P/c1-3-4-5-6-7-8-9-10-11-12-13-14-15-16-17-18-19-20-32(51-26-30-23-31(40)25-43-24-30)27-52-55(49,50)53-28-39(42-2)37(48)35(47)36(54-39)33-21-22-34-38(41)44-29-45-46(33)34/h21-25,29,32,35-37,47-48H,2-20,26-28H2,1H3,(H,49,50)(H2,41,44,45)/t32-,35+,36+,37+,39-/m1/s1. The molecule has 6 atom stereocenters. The number of hydrogen-bond donors (Lipinski definition) is 4. The normalized spacial score (nSPS) is 21.6. The van der Waals surface area contributed by atoms with Crippen LogP contribution >= 0.6 is 19.4 Å². The quantitative estimate of drug-likeness (QED) is 0.0298. The van der Waals surface area contributed by atoms with Crippen molar-refractivity contribution in [2.45, 2.75) is 159 Å². The maximum Gasteiger partial charge on any atom is 0.472 e. The number of pyridine rings is 1. The number of nitrogens with two attached hydrogens (primary N) is 1. The summed E-state index contributed by atoms with van der Waals surface area (Å²) in [4.78, 5) is 22.6. The van der Waals surface area contributed by atoms with Crippen LogP contribution in [-0.2, 0) is 29.7 Å². The number of hydrogen-bond acceptors (Lipinski definition) is 12. The van der Waals surface area contributed by atoms with Gasteiger partial charge in [0.05, 0.1) is 30.0 Å². The summed E-state index contributed by atoms with van der Waals surface area (Å²) in [5.41, 5.74) is 5.52. The number of anilines is 1. The minimum Gasteiger partial charge on any atom is -0.387 e. The Labute approximate surface area is 330 Å². The lowest BCUT2D eigenvalue weighted by atomic mass is 10.0. The number of phosphoric ester groups is 1. The highest BCUT2D eigenvalue weighted by Gasteiger charge is 2.56. The SMILES string of the molecule is C=N[C@]1(COP(=O)(O)OC[C@@H](CCCCCCCCCCCCCCCCCCC)OCc2cncc(Cl)c2)O[C@@H](c2ccc3c(N)ncnn23)[C@H](O)[C@@H]1O. The van der Waals surface area contributed by atoms with Crippen LogP contribution in [0.4, 0.5) is 5.82 Å². The van der Waals surface area contributed by atoms with Crippen LogP contribution in [0.15, 0.2) is 41.9 Å². The summed E-state index contributed by atoms with van der Waals surface area (Å²) in [5.74, 6) is 0.209. The molecule has 1 fully saturated rings. The Bertz CT molecular complexity index is 1620. The second kappa shape index (κ2) is 23.6. The van der Waals surface area contributed by atoms with E-state index in [1.165, 1.54) is 107 Å². The topological polar surface area (TPSA) is 196 Å². The fraction of sp³-hybridized carbons (Fsp3) is 0.692. The van der Waals surface area contributed by atoms with Crippen molar-refractivity contribution in [3.05, 3.63) is 53.2 Å². The van der Waals surface area contributed by atoms with Gasteiger partial charge in [0.25, 0.3) is 0 Å². The van der Waals surface area contributed by atoms with Crippen LogP contribution in [0.25, 0.3) is 5.52 Å². The molecule has 14 nitrogen and oxygen atoms in total. The summed E-state index contributed by atoms with van der Waals surface area (Å²) in [5, 5.41) is 26.6. The first-order valence-electron chi connectivity index (χ1n) is 20.0. The number of phosphoric acid groups is 1. The Morgan fingerprint density at radius 1 is 0.982 bits per heavy atom. The third-order valence-corrected chi connectivity index (χ3v) is 11.4. The third-order valence-electron chi connectivity index (χ3n) is 10.2. The zero-order valence-corrected chi connectivity index (χ0v) is 34.0. The Kier molecular flexibility index (Phi) is 19.4. The van der Waals surface area contributed by atoms with Gasteiger partial charge in [0.15, 0.2) is 5.82 Å². The molecule has 55 heavy (non-hydrogen) atoms. The average Bonchev–Trinajstić information content (AvgIpc) is 3.72. The molecule has 0 bridgehead atoms. The number of nitrogen functional groups attached to an aromatic ring is 1. The molecule has 3 aromatic rings. The largest absolute Gasteiger partial charge is 0.472 e. The van der Waals surface area contributed by atoms with E-state index in [-0.39, 0.29) is 19.0 Å². The van der Waals surface area contributed by atoms with Gasteiger partial charge in [0.1, 0.15) is 36.8 Å². The van der Waals surface area contributed by atoms with Gasteiger partial charge in [-0.1, -0.05) is 128 Å². The van der Waals surface area contributed by atoms with Gasteiger partial charge in [-0.15, -0.1) is 0 Å². The summed E-state index contributed by atoms with van der Waals surface area (Å²) < 4.78 is 37.3. The van der Waals surface area contributed by atoms with Gasteiger partial charge < -0.3 is 30.3 Å². The van der Waals surface area contributed by atoms with Crippen LogP contribution < -0.4 is 5.73 Å². The number of aliphatic hydroxyl groups excluding tert-OH is 2. The predicted molar refractivity (Wildman–Crippen MR) is 214 cm³/mol. The monoisotopic (exact) mass is 808 g/mol. The molecule has 1 aliphatic heterocycles. The first kappa shape index (κ1) is 45.2. The van der Waals surface area contributed by atoms with E-state index in [9.17, 15) is 19.7 Å². The number of ether oxygens (including phenoxy) is 2. The summed E-state index contributed by atoms with van der Waals surface area (Å²) in [6.07, 6.45) is 21.8. The molecule has 1 aliphatic rings. The lowest BCUT2D eigenvalue weighted by Gasteiger charge is -2.28. The molecule has 16 heteroatoms. The predicted octanol–water partition coefficient (Wildman–Crippen LogP) is 8.31. The summed E-state index contributed by atoms with van der Waals surface area (Å²) in [7, 11) is -4.72. The van der Waals surface area contributed by atoms with Crippen LogP contribution in [0.2, 0.25) is 5.02 Å². The van der Waals surface area contributed by atoms with Gasteiger partial charge in [-0.25, -0.2) is 14.1 Å². The molecule has 0 radical (unpaired) electrons. The molecule has 4 rings (SSSR count). The van der Waals surface area contributed by atoms with E-state index in [1.807, 2.05) is 0 Å². The van der Waals surface area contributed by atoms with Gasteiger partial charge in [0.2, 0.25) is 5.72 Å². The molecule has 0 saturated carbocycles. The van der Waals surface area contributed by atoms with Gasteiger partial charge in [-0.05, 0) is 36.9 Å². The van der Waals surface area contributed by atoms with Crippen LogP contribution in [0.3, 0.4) is 0 Å². The Hall–Kier alpha value is -2.52. The maximum absolute atomic E-state index is 13.1. The molecule has 0 amide bonds. The molecule has 0 aliphatic carbocycles. The van der Waals surface area contributed by atoms with Crippen molar-refractivity contribution >= 4 is 37.5 Å². The number of rotatable bonds is 29. The molecule has 3 aromatic heterocycles. The zero-order chi connectivity index (χ0) is 39.5. The van der Waals surface area contributed by atoms with Crippen molar-refractivity contribution in [1.29, 1.82) is 0 Å². The second-order valence-electron chi connectivity index (χ2n) is 14.6. The third kappa shape index (κ3) is 14.4. The molecule has 1 unspecified atom stereocenters. The number of aromatic nitrogens is 4. The fourth-order valence-corrected chi connectivity index (χ4v) is 7.93. The molecular weight excluding hydrogens is 747 g/mol. The van der Waals surface area contributed by atoms with E-state index < -0.39 is 44.6 Å². The lowest BCUT2D eigenvalue weighted by molar-refractivity contribution is -0.106. The lowest BCUT2D eigenvalue weighted by Crippen LogP contribution is -2.45. The summed E-state index contributed by atoms with van der Waals surface area (Å²) >= 11 is 6.10. The van der Waals surface area contributed by atoms with Crippen molar-refractivity contribution in [3.63, 3.8) is 0 Å². The average molecular weight is 809 g/mol. The smallest absolute Gasteiger partial charge is 0.387 e. The van der Waals surface area contributed by atoms with E-state index in [4.69, 9.17) is 35.9 Å². The van der Waals surface area contributed by atoms with Crippen molar-refractivity contribution in [2.24, 2.45) is 4.99 Å². The van der Waals surface area contributed by atoms with Crippen LogP contribution in [0.5, 0.6) is 0 Å². The number of halogens is 1. The molecule has 0 aromatic carbocycles. The van der Waals surface area contributed by atoms with Crippen LogP contribution in [0.1, 0.15) is 140 Å². The van der Waals surface area contributed by atoms with Crippen LogP contribution in [0, 0.1) is 0 Å². The summed E-state index contributed by atoms with van der Waals surface area (Å²) in [6.45, 7) is 4.97. The van der Waals surface area contributed by atoms with E-state index in [0.717, 1.165) is 24.8 Å². The highest BCUT2D eigenvalue weighted by atomic mass is 35.5. The molecule has 1 saturated heterocycles. The highest BCUT2D eigenvalue weighted by molar-refractivity contribution is 7.47. The van der Waals surface area contributed by atoms with Crippen molar-refractivity contribution in [1.82, 2.24) is 19.6 Å². The van der Waals surface area contributed by atoms with Gasteiger partial charge in [0, 0.05) is 12.4 Å². The van der Waals surface area contributed by atoms with Crippen molar-refractivity contribution in [2.75, 3.05) is 18.9 Å². The maximum atomic E-state index is 13.1. The van der Waals surface area contributed by atoms with Crippen molar-refractivity contribution < 1.29 is 38.2 Å². The molecule has 4 heterocycles. The summed E-state index contributed by atoms with van der Waals surface area (Å²) in [6, 6.07) is 5.00. The van der Waals surface area contributed by atoms with E-state index in [1.54, 1.807) is 24.4 Å². The second-order valence-corrected chi connectivity index (χ2v) is 16.5. The van der Waals surface area contributed by atoms with Gasteiger partial charge >= 0.3 is 7.82 Å². The first-order chi connectivity index (χ1) is 26.6. The van der Waals surface area contributed by atoms with Gasteiger partial charge in [-0.3, -0.25) is 19.0 Å². The van der Waals surface area contributed by atoms with Crippen molar-refractivity contribution in [3.8, 4) is 0 Å². The minimum atomic E-state index is -4.72. The number of aliphatic imine (C=N–C) groups is 1. The number of unbranched alkanes of at least 4 members (excludes halogenated alkanes) is 16. The molecule has 0 spiro atoms. The Morgan fingerprint density at radius 3 is 2.20 bits per heavy atom. The van der Waals surface area contributed by atoms with E-state index in [2.05, 4.69) is 33.7 Å². The van der Waals surface area contributed by atoms with E-state index >= 15 is 0 Å². The number of fused-ring (bicyclic) bond motifs is 1. The fourth-order valence-electron chi connectivity index (χ4n) is 6.96. The number of aliphatic hydroxyl groups is 2. The zero-order valence-electron chi connectivity index (χ0n) is 32.4. The molecular formula is C39H62ClN6O8P. The molecule has 5 N–H and O–H groups in total. The van der Waals surface area contributed by atoms with E-state index in [0.29, 0.717) is 22.7 Å². The minimum absolute atomic E-state index is 0.185. The molecule has 308 valence electrons. The van der Waals surface area contributed by atoms with Crippen LogP contribution in [-0.4, -0.2) is 78.7 Å². The number of nitrogens with zero attached hydrogens (tertiary/aromatic N) is 5.